The molecular formula is C18H29N3O7S. The highest BCUT2D eigenvalue weighted by atomic mass is 32.2. The molecule has 29 heavy (non-hydrogen) atoms. The van der Waals surface area contributed by atoms with E-state index in [1.165, 1.54) is 11.2 Å². The molecule has 0 aliphatic rings. The zero-order valence-corrected chi connectivity index (χ0v) is 17.6. The molecule has 11 heteroatoms. The minimum Gasteiger partial charge on any atom is -0.491 e. The number of aliphatic hydroxyl groups excluding tert-OH is 1. The van der Waals surface area contributed by atoms with Crippen molar-refractivity contribution in [3.8, 4) is 5.75 Å². The lowest BCUT2D eigenvalue weighted by Crippen LogP contribution is -2.36. The van der Waals surface area contributed by atoms with Crippen molar-refractivity contribution in [3.05, 3.63) is 39.9 Å². The molecule has 0 saturated heterocycles. The van der Waals surface area contributed by atoms with Crippen LogP contribution >= 0.6 is 11.9 Å². The summed E-state index contributed by atoms with van der Waals surface area (Å²) in [5.74, 6) is 0.818. The van der Waals surface area contributed by atoms with Crippen LogP contribution in [0.25, 0.3) is 0 Å². The van der Waals surface area contributed by atoms with Crippen molar-refractivity contribution < 1.29 is 29.3 Å². The van der Waals surface area contributed by atoms with E-state index in [2.05, 4.69) is 10.2 Å². The summed E-state index contributed by atoms with van der Waals surface area (Å²) in [6.45, 7) is 3.32. The first-order valence-corrected chi connectivity index (χ1v) is 10.1. The quantitative estimate of drug-likeness (QED) is 0.170. The first-order valence-electron chi connectivity index (χ1n) is 9.20. The van der Waals surface area contributed by atoms with Crippen molar-refractivity contribution in [2.24, 2.45) is 0 Å². The molecule has 0 aliphatic carbocycles. The van der Waals surface area contributed by atoms with E-state index >= 15 is 0 Å². The van der Waals surface area contributed by atoms with Crippen molar-refractivity contribution in [2.75, 3.05) is 52.3 Å². The minimum atomic E-state index is -0.862. The SMILES string of the molecule is COCCc1ccc(OCC(O)CNCCN(SCCO[N+](=O)[O-])C(C)=O)cc1. The standard InChI is InChI=1S/C18H29N3O7S/c1-15(22)20(29-12-11-28-21(24)25)9-8-19-13-17(23)14-27-18-5-3-16(4-6-18)7-10-26-2/h3-6,17,19,23H,7-14H2,1-2H3. The Morgan fingerprint density at radius 1 is 1.34 bits per heavy atom. The van der Waals surface area contributed by atoms with Crippen LogP contribution in [0, 0.1) is 10.1 Å². The van der Waals surface area contributed by atoms with Crippen molar-refractivity contribution >= 4 is 17.9 Å². The molecule has 0 heterocycles. The summed E-state index contributed by atoms with van der Waals surface area (Å²) in [6.07, 6.45) is 0.136. The highest BCUT2D eigenvalue weighted by Gasteiger charge is 2.10. The number of nitrogens with zero attached hydrogens (tertiary/aromatic N) is 2. The number of carbonyl (C=O) groups excluding carboxylic acids is 1. The maximum absolute atomic E-state index is 11.6. The molecule has 0 aliphatic heterocycles. The monoisotopic (exact) mass is 431 g/mol. The van der Waals surface area contributed by atoms with Crippen LogP contribution in [0.3, 0.4) is 0 Å². The maximum Gasteiger partial charge on any atom is 0.294 e. The van der Waals surface area contributed by atoms with Gasteiger partial charge in [0.05, 0.1) is 6.61 Å². The maximum atomic E-state index is 11.6. The number of carbonyl (C=O) groups is 1. The summed E-state index contributed by atoms with van der Waals surface area (Å²) in [5, 5.41) is 22.3. The van der Waals surface area contributed by atoms with Crippen molar-refractivity contribution in [1.82, 2.24) is 9.62 Å². The van der Waals surface area contributed by atoms with Crippen LogP contribution < -0.4 is 10.1 Å². The molecule has 1 atom stereocenters. The number of rotatable bonds is 16. The molecule has 0 fully saturated rings. The van der Waals surface area contributed by atoms with E-state index in [4.69, 9.17) is 9.47 Å². The van der Waals surface area contributed by atoms with E-state index in [-0.39, 0.29) is 19.1 Å². The van der Waals surface area contributed by atoms with Crippen LogP contribution in [0.1, 0.15) is 12.5 Å². The number of amides is 1. The molecule has 164 valence electrons. The molecule has 10 nitrogen and oxygen atoms in total. The van der Waals surface area contributed by atoms with Gasteiger partial charge in [-0.15, -0.1) is 10.1 Å². The lowest BCUT2D eigenvalue weighted by atomic mass is 10.1. The second-order valence-corrected chi connectivity index (χ2v) is 7.17. The first kappa shape index (κ1) is 25.0. The number of methoxy groups -OCH3 is 1. The van der Waals surface area contributed by atoms with Gasteiger partial charge in [-0.1, -0.05) is 12.1 Å². The van der Waals surface area contributed by atoms with Crippen LogP contribution in [0.15, 0.2) is 24.3 Å². The summed E-state index contributed by atoms with van der Waals surface area (Å²) in [4.78, 5) is 25.9. The summed E-state index contributed by atoms with van der Waals surface area (Å²) in [5.41, 5.74) is 1.15. The zero-order chi connectivity index (χ0) is 21.5. The van der Waals surface area contributed by atoms with Gasteiger partial charge in [0.25, 0.3) is 5.09 Å². The molecule has 1 aromatic rings. The Labute approximate surface area is 174 Å². The Balaban J connectivity index is 2.19. The van der Waals surface area contributed by atoms with Crippen LogP contribution in [0.4, 0.5) is 0 Å². The van der Waals surface area contributed by atoms with E-state index < -0.39 is 11.2 Å². The number of hydrogen-bond donors (Lipinski definition) is 2. The number of aliphatic hydroxyl groups is 1. The van der Waals surface area contributed by atoms with Gasteiger partial charge < -0.3 is 24.7 Å². The Morgan fingerprint density at radius 2 is 2.07 bits per heavy atom. The highest BCUT2D eigenvalue weighted by molar-refractivity contribution is 7.97. The topological polar surface area (TPSA) is 123 Å². The molecule has 0 spiro atoms. The first-order chi connectivity index (χ1) is 13.9. The number of benzene rings is 1. The van der Waals surface area contributed by atoms with Crippen LogP contribution in [0.2, 0.25) is 0 Å². The second-order valence-electron chi connectivity index (χ2n) is 6.07. The summed E-state index contributed by atoms with van der Waals surface area (Å²) < 4.78 is 12.1. The smallest absolute Gasteiger partial charge is 0.294 e. The summed E-state index contributed by atoms with van der Waals surface area (Å²) >= 11 is 1.16. The third kappa shape index (κ3) is 12.2. The van der Waals surface area contributed by atoms with Gasteiger partial charge in [-0.3, -0.25) is 9.10 Å². The number of ether oxygens (including phenoxy) is 2. The summed E-state index contributed by atoms with van der Waals surface area (Å²) in [7, 11) is 1.66. The average Bonchev–Trinajstić information content (AvgIpc) is 2.69. The van der Waals surface area contributed by atoms with Crippen molar-refractivity contribution in [1.29, 1.82) is 0 Å². The van der Waals surface area contributed by atoms with Crippen molar-refractivity contribution in [2.45, 2.75) is 19.4 Å². The Bertz CT molecular complexity index is 604. The predicted octanol–water partition coefficient (Wildman–Crippen LogP) is 0.910. The molecule has 2 N–H and O–H groups in total. The minimum absolute atomic E-state index is 0.0850. The van der Waals surface area contributed by atoms with Gasteiger partial charge in [0.15, 0.2) is 0 Å². The van der Waals surface area contributed by atoms with Crippen molar-refractivity contribution in [3.63, 3.8) is 0 Å². The Kier molecular flexibility index (Phi) is 12.8. The third-order valence-electron chi connectivity index (χ3n) is 3.71. The highest BCUT2D eigenvalue weighted by Crippen LogP contribution is 2.13. The molecule has 0 bridgehead atoms. The average molecular weight is 432 g/mol. The van der Waals surface area contributed by atoms with Gasteiger partial charge in [-0.25, -0.2) is 0 Å². The molecule has 1 amide bonds. The largest absolute Gasteiger partial charge is 0.491 e. The van der Waals surface area contributed by atoms with E-state index in [1.807, 2.05) is 24.3 Å². The van der Waals surface area contributed by atoms with Gasteiger partial charge in [-0.2, -0.15) is 0 Å². The fraction of sp³-hybridized carbons (Fsp3) is 0.611. The van der Waals surface area contributed by atoms with Crippen LogP contribution in [-0.2, 0) is 20.8 Å². The van der Waals surface area contributed by atoms with E-state index in [0.29, 0.717) is 37.7 Å². The van der Waals surface area contributed by atoms with Crippen LogP contribution in [-0.4, -0.2) is 78.8 Å². The van der Waals surface area contributed by atoms with Gasteiger partial charge in [0.1, 0.15) is 25.1 Å². The van der Waals surface area contributed by atoms with Gasteiger partial charge in [0, 0.05) is 39.4 Å². The van der Waals surface area contributed by atoms with E-state index in [9.17, 15) is 20.0 Å². The molecule has 0 radical (unpaired) electrons. The fourth-order valence-corrected chi connectivity index (χ4v) is 3.02. The number of nitrogens with one attached hydrogen (secondary N) is 1. The van der Waals surface area contributed by atoms with Gasteiger partial charge >= 0.3 is 0 Å². The Hall–Kier alpha value is -2.08. The van der Waals surface area contributed by atoms with Crippen LogP contribution in [0.5, 0.6) is 5.75 Å². The molecule has 1 aromatic carbocycles. The lowest BCUT2D eigenvalue weighted by Gasteiger charge is -2.20. The molecule has 1 rings (SSSR count). The second kappa shape index (κ2) is 14.9. The zero-order valence-electron chi connectivity index (χ0n) is 16.7. The molecule has 0 saturated carbocycles. The van der Waals surface area contributed by atoms with E-state index in [1.54, 1.807) is 7.11 Å². The van der Waals surface area contributed by atoms with Gasteiger partial charge in [0.2, 0.25) is 5.91 Å². The molecule has 0 aromatic heterocycles. The molecule has 1 unspecified atom stereocenters. The summed E-state index contributed by atoms with van der Waals surface area (Å²) in [6, 6.07) is 7.64. The van der Waals surface area contributed by atoms with Gasteiger partial charge in [-0.05, 0) is 36.1 Å². The number of hydrogen-bond acceptors (Lipinski definition) is 9. The van der Waals surface area contributed by atoms with E-state index in [0.717, 1.165) is 23.9 Å². The predicted molar refractivity (Wildman–Crippen MR) is 109 cm³/mol. The third-order valence-corrected chi connectivity index (χ3v) is 4.81. The molecular weight excluding hydrogens is 402 g/mol. The normalized spacial score (nSPS) is 11.7. The fourth-order valence-electron chi connectivity index (χ4n) is 2.25. The lowest BCUT2D eigenvalue weighted by molar-refractivity contribution is -0.756. The Morgan fingerprint density at radius 3 is 2.69 bits per heavy atom.